The van der Waals surface area contributed by atoms with Crippen molar-refractivity contribution < 1.29 is 14.3 Å². The Morgan fingerprint density at radius 2 is 2.00 bits per heavy atom. The van der Waals surface area contributed by atoms with Gasteiger partial charge < -0.3 is 18.9 Å². The van der Waals surface area contributed by atoms with Gasteiger partial charge in [0.1, 0.15) is 0 Å². The summed E-state index contributed by atoms with van der Waals surface area (Å²) < 4.78 is 12.5. The smallest absolute Gasteiger partial charge is 0.250 e. The van der Waals surface area contributed by atoms with Crippen molar-refractivity contribution in [1.29, 1.82) is 0 Å². The van der Waals surface area contributed by atoms with Crippen LogP contribution in [0, 0.1) is 5.92 Å². The van der Waals surface area contributed by atoms with Crippen LogP contribution in [0.1, 0.15) is 23.6 Å². The highest BCUT2D eigenvalue weighted by atomic mass is 32.1. The minimum atomic E-state index is -0.273. The second-order valence-electron chi connectivity index (χ2n) is 7.84. The second-order valence-corrected chi connectivity index (χ2v) is 8.23. The number of rotatable bonds is 2. The highest BCUT2D eigenvalue weighted by molar-refractivity contribution is 7.80. The van der Waals surface area contributed by atoms with E-state index < -0.39 is 0 Å². The molecule has 154 valence electrons. The van der Waals surface area contributed by atoms with Crippen molar-refractivity contribution >= 4 is 29.3 Å². The van der Waals surface area contributed by atoms with Crippen LogP contribution in [0.5, 0.6) is 11.5 Å². The van der Waals surface area contributed by atoms with Gasteiger partial charge in [-0.3, -0.25) is 14.9 Å². The normalized spacial score (nSPS) is 21.4. The molecule has 0 unspecified atom stereocenters. The van der Waals surface area contributed by atoms with Gasteiger partial charge in [0.25, 0.3) is 5.56 Å². The fourth-order valence-electron chi connectivity index (χ4n) is 4.48. The molecule has 0 aliphatic carbocycles. The minimum Gasteiger partial charge on any atom is -0.454 e. The van der Waals surface area contributed by atoms with Crippen molar-refractivity contribution in [1.82, 2.24) is 14.8 Å². The number of pyridine rings is 1. The van der Waals surface area contributed by atoms with E-state index in [2.05, 4.69) is 5.32 Å². The molecule has 2 bridgehead atoms. The van der Waals surface area contributed by atoms with Crippen LogP contribution in [0.25, 0.3) is 6.08 Å². The number of aromatic nitrogens is 1. The molecule has 2 aromatic rings. The number of hydrogen-bond donors (Lipinski definition) is 1. The molecule has 0 radical (unpaired) electrons. The molecule has 7 nitrogen and oxygen atoms in total. The van der Waals surface area contributed by atoms with Crippen molar-refractivity contribution in [2.45, 2.75) is 18.9 Å². The van der Waals surface area contributed by atoms with Gasteiger partial charge in [0.15, 0.2) is 16.6 Å². The highest BCUT2D eigenvalue weighted by Crippen LogP contribution is 2.35. The lowest BCUT2D eigenvalue weighted by Gasteiger charge is -2.43. The largest absolute Gasteiger partial charge is 0.454 e. The third-order valence-electron chi connectivity index (χ3n) is 5.82. The average molecular weight is 423 g/mol. The molecule has 8 heteroatoms. The molecule has 1 aromatic carbocycles. The molecule has 1 N–H and O–H groups in total. The lowest BCUT2D eigenvalue weighted by atomic mass is 9.83. The Morgan fingerprint density at radius 1 is 1.13 bits per heavy atom. The van der Waals surface area contributed by atoms with Crippen LogP contribution >= 0.6 is 12.2 Å². The third kappa shape index (κ3) is 3.59. The number of amides is 1. The van der Waals surface area contributed by atoms with Crippen molar-refractivity contribution in [3.8, 4) is 11.5 Å². The van der Waals surface area contributed by atoms with Gasteiger partial charge >= 0.3 is 0 Å². The fourth-order valence-corrected chi connectivity index (χ4v) is 4.73. The number of carbonyl (C=O) groups excluding carboxylic acids is 1. The number of fused-ring (bicyclic) bond motifs is 5. The maximum atomic E-state index is 12.4. The number of piperidine rings is 1. The van der Waals surface area contributed by atoms with E-state index in [0.717, 1.165) is 24.2 Å². The average Bonchev–Trinajstić information content (AvgIpc) is 3.21. The first kappa shape index (κ1) is 18.9. The van der Waals surface area contributed by atoms with Gasteiger partial charge in [-0.1, -0.05) is 12.1 Å². The Bertz CT molecular complexity index is 1110. The number of carbonyl (C=O) groups is 1. The molecule has 0 spiro atoms. The second kappa shape index (κ2) is 7.60. The minimum absolute atomic E-state index is 0.0557. The first-order valence-electron chi connectivity index (χ1n) is 9.94. The van der Waals surface area contributed by atoms with Crippen molar-refractivity contribution in [3.05, 3.63) is 64.1 Å². The van der Waals surface area contributed by atoms with Crippen LogP contribution in [0.2, 0.25) is 0 Å². The first-order valence-corrected chi connectivity index (χ1v) is 10.3. The van der Waals surface area contributed by atoms with E-state index >= 15 is 0 Å². The number of ether oxygens (including phenoxy) is 2. The zero-order valence-corrected chi connectivity index (χ0v) is 17.1. The molecule has 3 aliphatic rings. The molecular formula is C22H21N3O4S. The predicted octanol–water partition coefficient (Wildman–Crippen LogP) is 2.11. The van der Waals surface area contributed by atoms with Gasteiger partial charge in [-0.05, 0) is 54.4 Å². The number of likely N-dealkylation sites (tertiary alicyclic amines) is 1. The summed E-state index contributed by atoms with van der Waals surface area (Å²) in [4.78, 5) is 26.6. The Kier molecular flexibility index (Phi) is 4.78. The van der Waals surface area contributed by atoms with Gasteiger partial charge in [0.2, 0.25) is 12.7 Å². The van der Waals surface area contributed by atoms with Crippen LogP contribution in [0.4, 0.5) is 0 Å². The summed E-state index contributed by atoms with van der Waals surface area (Å²) in [5.41, 5.74) is 1.95. The summed E-state index contributed by atoms with van der Waals surface area (Å²) in [5.74, 6) is 1.69. The molecule has 2 atom stereocenters. The molecule has 1 amide bonds. The van der Waals surface area contributed by atoms with E-state index in [-0.39, 0.29) is 24.2 Å². The van der Waals surface area contributed by atoms with Crippen molar-refractivity contribution in [2.24, 2.45) is 5.92 Å². The van der Waals surface area contributed by atoms with Crippen LogP contribution in [-0.2, 0) is 11.3 Å². The standard InChI is InChI=1S/C22H21N3O4S/c26-20(7-5-14-4-6-18-19(9-14)29-13-28-18)23-22(30)24-10-15-8-16(12-24)17-2-1-3-21(27)25(17)11-15/h1-7,9,15-16H,8,10-13H2,(H,23,26,30)/t15-,16-/m1/s1. The molecule has 3 aliphatic heterocycles. The Morgan fingerprint density at radius 3 is 2.90 bits per heavy atom. The van der Waals surface area contributed by atoms with Crippen LogP contribution in [-0.4, -0.2) is 40.4 Å². The molecule has 5 rings (SSSR count). The Labute approximate surface area is 178 Å². The third-order valence-corrected chi connectivity index (χ3v) is 6.18. The quantitative estimate of drug-likeness (QED) is 0.589. The lowest BCUT2D eigenvalue weighted by Crippen LogP contribution is -2.52. The van der Waals surface area contributed by atoms with Crippen LogP contribution < -0.4 is 20.3 Å². The van der Waals surface area contributed by atoms with Gasteiger partial charge in [-0.15, -0.1) is 0 Å². The number of nitrogens with zero attached hydrogens (tertiary/aromatic N) is 2. The predicted molar refractivity (Wildman–Crippen MR) is 115 cm³/mol. The zero-order valence-electron chi connectivity index (χ0n) is 16.2. The molecular weight excluding hydrogens is 402 g/mol. The summed E-state index contributed by atoms with van der Waals surface area (Å²) in [6.45, 7) is 2.35. The summed E-state index contributed by atoms with van der Waals surface area (Å²) in [6.07, 6.45) is 4.22. The number of benzene rings is 1. The molecule has 1 saturated heterocycles. The molecule has 1 aromatic heterocycles. The summed E-state index contributed by atoms with van der Waals surface area (Å²) in [7, 11) is 0. The summed E-state index contributed by atoms with van der Waals surface area (Å²) in [6, 6.07) is 11.0. The maximum Gasteiger partial charge on any atom is 0.250 e. The number of thiocarbonyl (C=S) groups is 1. The topological polar surface area (TPSA) is 72.8 Å². The van der Waals surface area contributed by atoms with E-state index in [4.69, 9.17) is 21.7 Å². The van der Waals surface area contributed by atoms with Crippen molar-refractivity contribution in [2.75, 3.05) is 19.9 Å². The Hall–Kier alpha value is -3.13. The monoisotopic (exact) mass is 423 g/mol. The van der Waals surface area contributed by atoms with Gasteiger partial charge in [0, 0.05) is 43.4 Å². The SMILES string of the molecule is O=C(C=Cc1ccc2c(c1)OCO2)NC(=S)N1C[C@H]2C[C@H](C1)c1cccc(=O)n1C2. The number of nitrogens with one attached hydrogen (secondary N) is 1. The summed E-state index contributed by atoms with van der Waals surface area (Å²) >= 11 is 5.50. The van der Waals surface area contributed by atoms with Crippen LogP contribution in [0.3, 0.4) is 0 Å². The molecule has 1 fully saturated rings. The van der Waals surface area contributed by atoms with Gasteiger partial charge in [0.05, 0.1) is 0 Å². The van der Waals surface area contributed by atoms with E-state index in [0.29, 0.717) is 35.6 Å². The van der Waals surface area contributed by atoms with E-state index in [1.54, 1.807) is 12.1 Å². The van der Waals surface area contributed by atoms with Gasteiger partial charge in [-0.2, -0.15) is 0 Å². The molecule has 30 heavy (non-hydrogen) atoms. The van der Waals surface area contributed by atoms with Crippen LogP contribution in [0.15, 0.2) is 47.3 Å². The highest BCUT2D eigenvalue weighted by Gasteiger charge is 2.35. The summed E-state index contributed by atoms with van der Waals surface area (Å²) in [5, 5.41) is 3.23. The van der Waals surface area contributed by atoms with E-state index in [1.807, 2.05) is 39.8 Å². The Balaban J connectivity index is 1.23. The fraction of sp³-hybridized carbons (Fsp3) is 0.318. The van der Waals surface area contributed by atoms with E-state index in [9.17, 15) is 9.59 Å². The van der Waals surface area contributed by atoms with Crippen molar-refractivity contribution in [3.63, 3.8) is 0 Å². The number of hydrogen-bond acceptors (Lipinski definition) is 5. The zero-order chi connectivity index (χ0) is 20.7. The maximum absolute atomic E-state index is 12.4. The molecule has 0 saturated carbocycles. The van der Waals surface area contributed by atoms with E-state index in [1.165, 1.54) is 6.08 Å². The lowest BCUT2D eigenvalue weighted by molar-refractivity contribution is -0.115. The molecule has 4 heterocycles. The van der Waals surface area contributed by atoms with Gasteiger partial charge in [-0.25, -0.2) is 0 Å². The first-order chi connectivity index (χ1) is 14.6.